The molecule has 0 unspecified atom stereocenters. The van der Waals surface area contributed by atoms with Gasteiger partial charge in [-0.3, -0.25) is 0 Å². The standard InChI is InChI=1S/C20H14N4.2O.Ti/c1-2-14-10-16-5-6-18(23-16)12-20-8-7-19(24-20)11-17-4-3-15(22-17)9-13(1)21-14;;;/h1-12,21-22H;;;/q;2*-2;+4. The third kappa shape index (κ3) is 4.32. The molecule has 2 aliphatic rings. The molecule has 3 aromatic heterocycles. The van der Waals surface area contributed by atoms with Crippen molar-refractivity contribution in [3.63, 3.8) is 0 Å². The second-order valence-corrected chi connectivity index (χ2v) is 5.91. The first-order valence-corrected chi connectivity index (χ1v) is 7.85. The Bertz CT molecular complexity index is 1090. The summed E-state index contributed by atoms with van der Waals surface area (Å²) in [7, 11) is 0. The van der Waals surface area contributed by atoms with Gasteiger partial charge in [0.15, 0.2) is 0 Å². The van der Waals surface area contributed by atoms with E-state index in [0.717, 1.165) is 44.8 Å². The van der Waals surface area contributed by atoms with Crippen molar-refractivity contribution in [1.29, 1.82) is 0 Å². The number of fused-ring (bicyclic) bond motifs is 8. The van der Waals surface area contributed by atoms with Gasteiger partial charge in [0.2, 0.25) is 0 Å². The maximum atomic E-state index is 4.62. The Kier molecular flexibility index (Phi) is 6.30. The number of rotatable bonds is 0. The van der Waals surface area contributed by atoms with Gasteiger partial charge >= 0.3 is 21.7 Å². The van der Waals surface area contributed by atoms with Gasteiger partial charge < -0.3 is 20.9 Å². The van der Waals surface area contributed by atoms with Crippen molar-refractivity contribution >= 4 is 46.4 Å². The monoisotopic (exact) mass is 390 g/mol. The summed E-state index contributed by atoms with van der Waals surface area (Å²) in [5.74, 6) is 0. The molecule has 5 heterocycles. The van der Waals surface area contributed by atoms with Gasteiger partial charge in [0.25, 0.3) is 0 Å². The molecule has 0 radical (unpaired) electrons. The van der Waals surface area contributed by atoms with Gasteiger partial charge in [-0.2, -0.15) is 0 Å². The van der Waals surface area contributed by atoms with Crippen LogP contribution >= 0.6 is 0 Å². The Morgan fingerprint density at radius 3 is 1.22 bits per heavy atom. The fraction of sp³-hybridized carbons (Fsp3) is 0. The molecule has 0 atom stereocenters. The largest absolute Gasteiger partial charge is 4.00 e. The molecule has 0 spiro atoms. The maximum absolute atomic E-state index is 4.62. The van der Waals surface area contributed by atoms with E-state index in [-0.39, 0.29) is 32.7 Å². The molecule has 0 fully saturated rings. The Morgan fingerprint density at radius 1 is 0.481 bits per heavy atom. The molecule has 8 bridgehead atoms. The van der Waals surface area contributed by atoms with Crippen molar-refractivity contribution in [2.75, 3.05) is 0 Å². The molecule has 130 valence electrons. The Labute approximate surface area is 170 Å². The fourth-order valence-electron chi connectivity index (χ4n) is 2.94. The average molecular weight is 390 g/mol. The van der Waals surface area contributed by atoms with Crippen LogP contribution < -0.4 is 0 Å². The maximum Gasteiger partial charge on any atom is 4.00 e. The topological polar surface area (TPSA) is 114 Å². The van der Waals surface area contributed by atoms with Crippen LogP contribution in [0.25, 0.3) is 46.4 Å². The smallest absolute Gasteiger partial charge is 2.00 e. The molecule has 5 rings (SSSR count). The molecule has 0 saturated heterocycles. The van der Waals surface area contributed by atoms with E-state index >= 15 is 0 Å². The zero-order chi connectivity index (χ0) is 15.9. The summed E-state index contributed by atoms with van der Waals surface area (Å²) in [6.07, 6.45) is 8.05. The number of H-pyrrole nitrogens is 2. The van der Waals surface area contributed by atoms with Crippen molar-refractivity contribution in [1.82, 2.24) is 19.9 Å². The van der Waals surface area contributed by atoms with E-state index in [0.29, 0.717) is 0 Å². The van der Waals surface area contributed by atoms with Gasteiger partial charge in [0.1, 0.15) is 0 Å². The van der Waals surface area contributed by atoms with E-state index in [9.17, 15) is 0 Å². The van der Waals surface area contributed by atoms with E-state index in [1.54, 1.807) is 0 Å². The Morgan fingerprint density at radius 2 is 0.815 bits per heavy atom. The predicted octanol–water partition coefficient (Wildman–Crippen LogP) is 4.42. The fourth-order valence-corrected chi connectivity index (χ4v) is 2.94. The molecule has 7 heteroatoms. The summed E-state index contributed by atoms with van der Waals surface area (Å²) < 4.78 is 0. The minimum atomic E-state index is 0. The minimum absolute atomic E-state index is 0. The van der Waals surface area contributed by atoms with Crippen LogP contribution in [-0.2, 0) is 32.7 Å². The number of nitrogens with one attached hydrogen (secondary N) is 2. The summed E-state index contributed by atoms with van der Waals surface area (Å²) in [5, 5.41) is 0. The third-order valence-corrected chi connectivity index (χ3v) is 4.04. The van der Waals surface area contributed by atoms with E-state index in [1.165, 1.54) is 0 Å². The van der Waals surface area contributed by atoms with Gasteiger partial charge in [0.05, 0.1) is 22.8 Å². The molecule has 27 heavy (non-hydrogen) atoms. The third-order valence-electron chi connectivity index (χ3n) is 4.04. The molecule has 3 aromatic rings. The average Bonchev–Trinajstić information content (AvgIpc) is 3.32. The normalized spacial score (nSPS) is 11.3. The van der Waals surface area contributed by atoms with E-state index in [4.69, 9.17) is 0 Å². The zero-order valence-electron chi connectivity index (χ0n) is 14.1. The minimum Gasteiger partial charge on any atom is -2.00 e. The molecule has 0 amide bonds. The summed E-state index contributed by atoms with van der Waals surface area (Å²) in [6.45, 7) is 0. The van der Waals surface area contributed by atoms with Gasteiger partial charge in [-0.25, -0.2) is 9.97 Å². The summed E-state index contributed by atoms with van der Waals surface area (Å²) in [4.78, 5) is 16.0. The van der Waals surface area contributed by atoms with E-state index in [2.05, 4.69) is 50.3 Å². The number of aromatic amines is 2. The Balaban J connectivity index is 0.000000871. The zero-order valence-corrected chi connectivity index (χ0v) is 15.7. The first-order valence-electron chi connectivity index (χ1n) is 7.85. The first-order chi connectivity index (χ1) is 11.8. The number of hydrogen-bond acceptors (Lipinski definition) is 2. The number of hydrogen-bond donors (Lipinski definition) is 2. The van der Waals surface area contributed by atoms with Crippen molar-refractivity contribution in [2.24, 2.45) is 0 Å². The summed E-state index contributed by atoms with van der Waals surface area (Å²) >= 11 is 0. The van der Waals surface area contributed by atoms with Crippen molar-refractivity contribution in [3.8, 4) is 0 Å². The van der Waals surface area contributed by atoms with Gasteiger partial charge in [0, 0.05) is 22.1 Å². The molecular weight excluding hydrogens is 376 g/mol. The van der Waals surface area contributed by atoms with E-state index in [1.807, 2.05) is 42.5 Å². The SMILES string of the molecule is C1=Cc2cc3ccc(cc4ccc(cc5nc(cc1n2)C=C5)[nH]4)[nH]3.[O-2].[O-2].[Ti+4]. The number of nitrogens with zero attached hydrogens (tertiary/aromatic N) is 2. The van der Waals surface area contributed by atoms with Crippen LogP contribution in [0.4, 0.5) is 0 Å². The van der Waals surface area contributed by atoms with Crippen molar-refractivity contribution in [3.05, 3.63) is 71.3 Å². The second kappa shape index (κ2) is 8.28. The first kappa shape index (κ1) is 20.5. The predicted molar refractivity (Wildman–Crippen MR) is 100 cm³/mol. The van der Waals surface area contributed by atoms with E-state index < -0.39 is 0 Å². The summed E-state index contributed by atoms with van der Waals surface area (Å²) in [6, 6.07) is 16.4. The van der Waals surface area contributed by atoms with Crippen LogP contribution in [0.1, 0.15) is 22.8 Å². The molecule has 0 saturated carbocycles. The van der Waals surface area contributed by atoms with Crippen LogP contribution in [0, 0.1) is 0 Å². The van der Waals surface area contributed by atoms with Gasteiger partial charge in [-0.15, -0.1) is 0 Å². The molecular formula is C20H14N4O2Ti. The second-order valence-electron chi connectivity index (χ2n) is 5.91. The molecule has 2 aliphatic heterocycles. The van der Waals surface area contributed by atoms with Crippen LogP contribution in [0.2, 0.25) is 0 Å². The number of aromatic nitrogens is 4. The molecule has 6 nitrogen and oxygen atoms in total. The molecule has 0 aliphatic carbocycles. The molecule has 2 N–H and O–H groups in total. The van der Waals surface area contributed by atoms with Crippen molar-refractivity contribution < 1.29 is 32.7 Å². The van der Waals surface area contributed by atoms with Crippen LogP contribution in [0.15, 0.2) is 48.5 Å². The van der Waals surface area contributed by atoms with Crippen LogP contribution in [0.5, 0.6) is 0 Å². The van der Waals surface area contributed by atoms with Gasteiger partial charge in [-0.05, 0) is 72.8 Å². The quantitative estimate of drug-likeness (QED) is 0.381. The Hall–Kier alpha value is -2.77. The molecule has 0 aromatic carbocycles. The van der Waals surface area contributed by atoms with Gasteiger partial charge in [-0.1, -0.05) is 0 Å². The summed E-state index contributed by atoms with van der Waals surface area (Å²) in [5.41, 5.74) is 7.86. The van der Waals surface area contributed by atoms with Crippen LogP contribution in [-0.4, -0.2) is 19.9 Å². The van der Waals surface area contributed by atoms with Crippen molar-refractivity contribution in [2.45, 2.75) is 0 Å². The van der Waals surface area contributed by atoms with Crippen LogP contribution in [0.3, 0.4) is 0 Å².